The molecule has 3 aromatic rings. The monoisotopic (exact) mass is 466 g/mol. The molecule has 33 heavy (non-hydrogen) atoms. The summed E-state index contributed by atoms with van der Waals surface area (Å²) < 4.78 is 16.8. The Morgan fingerprint density at radius 2 is 1.91 bits per heavy atom. The van der Waals surface area contributed by atoms with Gasteiger partial charge in [-0.15, -0.1) is 0 Å². The predicted molar refractivity (Wildman–Crippen MR) is 126 cm³/mol. The number of nitrogens with one attached hydrogen (secondary N) is 1. The predicted octanol–water partition coefficient (Wildman–Crippen LogP) is 3.39. The minimum absolute atomic E-state index is 0.277. The maximum absolute atomic E-state index is 15.2. The fourth-order valence-corrected chi connectivity index (χ4v) is 4.91. The van der Waals surface area contributed by atoms with Crippen LogP contribution in [0.2, 0.25) is 0 Å². The van der Waals surface area contributed by atoms with Gasteiger partial charge in [-0.25, -0.2) is 13.9 Å². The fraction of sp³-hybridized carbons (Fsp3) is 0.304. The molecule has 0 unspecified atom stereocenters. The third-order valence-corrected chi connectivity index (χ3v) is 7.06. The van der Waals surface area contributed by atoms with E-state index in [4.69, 9.17) is 0 Å². The summed E-state index contributed by atoms with van der Waals surface area (Å²) in [4.78, 5) is 32.3. The number of thioether (sulfide) groups is 1. The topological polar surface area (TPSA) is 82.8 Å². The molecule has 0 aliphatic carbocycles. The Labute approximate surface area is 194 Å². The maximum Gasteiger partial charge on any atom is 0.290 e. The van der Waals surface area contributed by atoms with Gasteiger partial charge in [-0.05, 0) is 63.0 Å². The van der Waals surface area contributed by atoms with Crippen LogP contribution in [0.1, 0.15) is 19.5 Å². The van der Waals surface area contributed by atoms with Crippen molar-refractivity contribution in [3.05, 3.63) is 52.9 Å². The molecule has 2 aliphatic rings. The lowest BCUT2D eigenvalue weighted by Gasteiger charge is -2.43. The van der Waals surface area contributed by atoms with Crippen LogP contribution in [0.15, 0.2) is 41.4 Å². The molecule has 2 aliphatic heterocycles. The second kappa shape index (κ2) is 8.27. The highest BCUT2D eigenvalue weighted by Crippen LogP contribution is 2.30. The molecule has 0 spiro atoms. The Hall–Kier alpha value is -3.24. The number of aromatic nitrogens is 3. The van der Waals surface area contributed by atoms with Gasteiger partial charge in [0.15, 0.2) is 5.65 Å². The average Bonchev–Trinajstić information content (AvgIpc) is 3.33. The largest absolute Gasteiger partial charge is 0.366 e. The summed E-state index contributed by atoms with van der Waals surface area (Å²) in [6.07, 6.45) is 3.20. The zero-order valence-electron chi connectivity index (χ0n) is 18.4. The van der Waals surface area contributed by atoms with Gasteiger partial charge in [0.05, 0.1) is 28.2 Å². The molecule has 0 bridgehead atoms. The number of fused-ring (bicyclic) bond motifs is 1. The highest BCUT2D eigenvalue weighted by Gasteiger charge is 2.28. The number of carbonyl (C=O) groups excluding carboxylic acids is 2. The van der Waals surface area contributed by atoms with E-state index in [1.165, 1.54) is 6.07 Å². The second-order valence-corrected chi connectivity index (χ2v) is 9.47. The van der Waals surface area contributed by atoms with Crippen molar-refractivity contribution in [1.29, 1.82) is 0 Å². The Balaban J connectivity index is 1.47. The highest BCUT2D eigenvalue weighted by atomic mass is 32.2. The van der Waals surface area contributed by atoms with Gasteiger partial charge in [0.2, 0.25) is 0 Å². The second-order valence-electron chi connectivity index (χ2n) is 8.46. The molecule has 8 nitrogen and oxygen atoms in total. The maximum atomic E-state index is 15.2. The number of anilines is 1. The number of piperazine rings is 1. The third kappa shape index (κ3) is 4.00. The number of hydrogen-bond acceptors (Lipinski definition) is 7. The van der Waals surface area contributed by atoms with Gasteiger partial charge in [-0.2, -0.15) is 5.10 Å². The van der Waals surface area contributed by atoms with Gasteiger partial charge in [0.25, 0.3) is 11.1 Å². The van der Waals surface area contributed by atoms with Crippen LogP contribution in [-0.4, -0.2) is 62.9 Å². The minimum atomic E-state index is -0.442. The van der Waals surface area contributed by atoms with Crippen molar-refractivity contribution >= 4 is 40.3 Å². The number of carbonyl (C=O) groups is 2. The number of imide groups is 1. The van der Waals surface area contributed by atoms with Gasteiger partial charge in [-0.3, -0.25) is 19.8 Å². The molecule has 2 saturated heterocycles. The molecule has 2 aromatic heterocycles. The summed E-state index contributed by atoms with van der Waals surface area (Å²) in [5.41, 5.74) is 2.96. The van der Waals surface area contributed by atoms with Crippen molar-refractivity contribution in [3.63, 3.8) is 0 Å². The van der Waals surface area contributed by atoms with E-state index in [9.17, 15) is 9.59 Å². The molecular weight excluding hydrogens is 443 g/mol. The number of hydrogen-bond donors (Lipinski definition) is 1. The van der Waals surface area contributed by atoms with Crippen LogP contribution >= 0.6 is 11.8 Å². The first-order valence-electron chi connectivity index (χ1n) is 10.7. The van der Waals surface area contributed by atoms with Crippen LogP contribution in [0.25, 0.3) is 23.0 Å². The van der Waals surface area contributed by atoms with E-state index in [0.717, 1.165) is 24.9 Å². The zero-order valence-corrected chi connectivity index (χ0v) is 19.3. The van der Waals surface area contributed by atoms with Gasteiger partial charge in [0, 0.05) is 30.7 Å². The van der Waals surface area contributed by atoms with Crippen molar-refractivity contribution in [2.75, 3.05) is 25.0 Å². The van der Waals surface area contributed by atoms with Crippen molar-refractivity contribution in [2.24, 2.45) is 0 Å². The number of rotatable bonds is 3. The molecule has 170 valence electrons. The molecule has 0 saturated carbocycles. The van der Waals surface area contributed by atoms with Crippen molar-refractivity contribution in [2.45, 2.75) is 25.9 Å². The van der Waals surface area contributed by atoms with Crippen LogP contribution in [0.4, 0.5) is 14.9 Å². The molecule has 0 radical (unpaired) electrons. The number of nitrogens with zero attached hydrogens (tertiary/aromatic N) is 5. The third-order valence-electron chi connectivity index (χ3n) is 6.25. The van der Waals surface area contributed by atoms with Crippen LogP contribution < -0.4 is 10.2 Å². The zero-order chi connectivity index (χ0) is 23.3. The molecule has 2 fully saturated rings. The Morgan fingerprint density at radius 3 is 2.58 bits per heavy atom. The molecule has 4 heterocycles. The van der Waals surface area contributed by atoms with Crippen LogP contribution in [-0.2, 0) is 4.79 Å². The number of halogens is 1. The molecular formula is C23H23FN6O2S. The van der Waals surface area contributed by atoms with Gasteiger partial charge >= 0.3 is 0 Å². The van der Waals surface area contributed by atoms with E-state index < -0.39 is 11.1 Å². The van der Waals surface area contributed by atoms with E-state index >= 15 is 4.39 Å². The van der Waals surface area contributed by atoms with Crippen molar-refractivity contribution in [3.8, 4) is 11.3 Å². The van der Waals surface area contributed by atoms with Crippen LogP contribution in [0.3, 0.4) is 0 Å². The van der Waals surface area contributed by atoms with Gasteiger partial charge < -0.3 is 4.90 Å². The van der Waals surface area contributed by atoms with Crippen LogP contribution in [0.5, 0.6) is 0 Å². The number of benzene rings is 1. The standard InChI is InChI=1S/C23H23FN6O2S/c1-13-11-29(12-14(2)28(13)3)18-6-4-15(8-17(18)24)19-10-25-21-7-5-16(27-30(19)21)9-20-22(31)26-23(32)33-20/h4-10,13-14H,11-12H2,1-3H3,(H,26,31,32)/t13-,14+. The number of amides is 2. The van der Waals surface area contributed by atoms with E-state index in [1.807, 2.05) is 12.1 Å². The first kappa shape index (κ1) is 21.6. The first-order chi connectivity index (χ1) is 15.8. The van der Waals surface area contributed by atoms with E-state index in [0.29, 0.717) is 40.4 Å². The SMILES string of the molecule is C[C@@H]1CN(c2ccc(-c3cnc4ccc(C=C5SC(=O)NC5=O)nn34)cc2F)C[C@H](C)N1C. The molecule has 5 rings (SSSR count). The molecule has 1 N–H and O–H groups in total. The quantitative estimate of drug-likeness (QED) is 0.593. The summed E-state index contributed by atoms with van der Waals surface area (Å²) in [6, 6.07) is 9.35. The van der Waals surface area contributed by atoms with E-state index in [-0.39, 0.29) is 10.7 Å². The van der Waals surface area contributed by atoms with E-state index in [1.54, 1.807) is 28.9 Å². The van der Waals surface area contributed by atoms with Crippen LogP contribution in [0, 0.1) is 5.82 Å². The smallest absolute Gasteiger partial charge is 0.290 e. The summed E-state index contributed by atoms with van der Waals surface area (Å²) in [6.45, 7) is 5.83. The summed E-state index contributed by atoms with van der Waals surface area (Å²) >= 11 is 0.833. The Morgan fingerprint density at radius 1 is 1.15 bits per heavy atom. The molecule has 2 atom stereocenters. The molecule has 2 amide bonds. The summed E-state index contributed by atoms with van der Waals surface area (Å²) in [7, 11) is 2.10. The van der Waals surface area contributed by atoms with Crippen molar-refractivity contribution in [1.82, 2.24) is 24.8 Å². The minimum Gasteiger partial charge on any atom is -0.366 e. The fourth-order valence-electron chi connectivity index (χ4n) is 4.24. The first-order valence-corrected chi connectivity index (χ1v) is 11.5. The van der Waals surface area contributed by atoms with Crippen molar-refractivity contribution < 1.29 is 14.0 Å². The Kier molecular flexibility index (Phi) is 5.41. The lowest BCUT2D eigenvalue weighted by molar-refractivity contribution is -0.115. The number of imidazole rings is 1. The normalized spacial score (nSPS) is 23.0. The lowest BCUT2D eigenvalue weighted by Crippen LogP contribution is -2.55. The number of likely N-dealkylation sites (N-methyl/N-ethyl adjacent to an activating group) is 1. The summed E-state index contributed by atoms with van der Waals surface area (Å²) in [5.74, 6) is -0.731. The van der Waals surface area contributed by atoms with Gasteiger partial charge in [0.1, 0.15) is 5.82 Å². The van der Waals surface area contributed by atoms with Gasteiger partial charge in [-0.1, -0.05) is 6.07 Å². The highest BCUT2D eigenvalue weighted by molar-refractivity contribution is 8.18. The molecule has 1 aromatic carbocycles. The van der Waals surface area contributed by atoms with E-state index in [2.05, 4.69) is 46.1 Å². The summed E-state index contributed by atoms with van der Waals surface area (Å²) in [5, 5.41) is 6.36. The Bertz CT molecular complexity index is 1290. The lowest BCUT2D eigenvalue weighted by atomic mass is 10.1. The average molecular weight is 467 g/mol. The molecule has 10 heteroatoms.